The molecule has 82 valence electrons. The zero-order chi connectivity index (χ0) is 11.1. The predicted molar refractivity (Wildman–Crippen MR) is 57.4 cm³/mol. The summed E-state index contributed by atoms with van der Waals surface area (Å²) in [5.41, 5.74) is 5.36. The van der Waals surface area contributed by atoms with E-state index in [4.69, 9.17) is 11.1 Å². The SMILES string of the molecule is CCCNC(=O)NC(C(=N)N)C(C)C. The molecule has 0 aliphatic carbocycles. The summed E-state index contributed by atoms with van der Waals surface area (Å²) in [6.07, 6.45) is 0.889. The van der Waals surface area contributed by atoms with Gasteiger partial charge in [-0.15, -0.1) is 0 Å². The van der Waals surface area contributed by atoms with Crippen LogP contribution in [0.1, 0.15) is 27.2 Å². The Balaban J connectivity index is 4.04. The number of amides is 2. The molecule has 0 saturated carbocycles. The monoisotopic (exact) mass is 200 g/mol. The third-order valence-electron chi connectivity index (χ3n) is 1.82. The molecule has 1 atom stereocenters. The highest BCUT2D eigenvalue weighted by molar-refractivity contribution is 5.87. The van der Waals surface area contributed by atoms with Gasteiger partial charge in [0.2, 0.25) is 0 Å². The normalized spacial score (nSPS) is 12.3. The quantitative estimate of drug-likeness (QED) is 0.388. The Morgan fingerprint density at radius 3 is 2.43 bits per heavy atom. The minimum absolute atomic E-state index is 0.00773. The fourth-order valence-electron chi connectivity index (χ4n) is 1.03. The summed E-state index contributed by atoms with van der Waals surface area (Å²) < 4.78 is 0. The molecule has 5 heteroatoms. The number of carbonyl (C=O) groups excluding carboxylic acids is 1. The Morgan fingerprint density at radius 1 is 1.50 bits per heavy atom. The Hall–Kier alpha value is -1.26. The minimum atomic E-state index is -0.383. The van der Waals surface area contributed by atoms with Crippen LogP contribution < -0.4 is 16.4 Å². The van der Waals surface area contributed by atoms with E-state index in [1.807, 2.05) is 20.8 Å². The lowest BCUT2D eigenvalue weighted by Crippen LogP contribution is -2.50. The molecule has 0 fully saturated rings. The molecule has 0 saturated heterocycles. The van der Waals surface area contributed by atoms with Gasteiger partial charge in [0.1, 0.15) is 5.84 Å². The number of amidine groups is 1. The topological polar surface area (TPSA) is 91.0 Å². The van der Waals surface area contributed by atoms with Crippen LogP contribution in [-0.2, 0) is 0 Å². The van der Waals surface area contributed by atoms with Crippen LogP contribution in [0.15, 0.2) is 0 Å². The van der Waals surface area contributed by atoms with Gasteiger partial charge >= 0.3 is 6.03 Å². The number of carbonyl (C=O) groups is 1. The predicted octanol–water partition coefficient (Wildman–Crippen LogP) is 0.656. The van der Waals surface area contributed by atoms with Gasteiger partial charge in [-0.2, -0.15) is 0 Å². The van der Waals surface area contributed by atoms with Crippen LogP contribution in [0.4, 0.5) is 4.79 Å². The van der Waals surface area contributed by atoms with Gasteiger partial charge in [0.15, 0.2) is 0 Å². The Morgan fingerprint density at radius 2 is 2.07 bits per heavy atom. The molecule has 0 aromatic heterocycles. The highest BCUT2D eigenvalue weighted by Gasteiger charge is 2.18. The second-order valence-corrected chi connectivity index (χ2v) is 3.58. The molecule has 0 rings (SSSR count). The zero-order valence-corrected chi connectivity index (χ0v) is 9.05. The fraction of sp³-hybridized carbons (Fsp3) is 0.778. The van der Waals surface area contributed by atoms with Crippen LogP contribution in [0.5, 0.6) is 0 Å². The highest BCUT2D eigenvalue weighted by atomic mass is 16.2. The first-order chi connectivity index (χ1) is 6.49. The van der Waals surface area contributed by atoms with Crippen molar-refractivity contribution in [3.63, 3.8) is 0 Å². The van der Waals surface area contributed by atoms with E-state index in [1.54, 1.807) is 0 Å². The third-order valence-corrected chi connectivity index (χ3v) is 1.82. The van der Waals surface area contributed by atoms with Crippen molar-refractivity contribution in [2.24, 2.45) is 11.7 Å². The van der Waals surface area contributed by atoms with Crippen LogP contribution in [0.2, 0.25) is 0 Å². The lowest BCUT2D eigenvalue weighted by molar-refractivity contribution is 0.237. The van der Waals surface area contributed by atoms with Crippen LogP contribution in [0.3, 0.4) is 0 Å². The number of urea groups is 1. The lowest BCUT2D eigenvalue weighted by Gasteiger charge is -2.20. The number of nitrogens with one attached hydrogen (secondary N) is 3. The van der Waals surface area contributed by atoms with Crippen LogP contribution >= 0.6 is 0 Å². The maximum absolute atomic E-state index is 11.2. The van der Waals surface area contributed by atoms with Gasteiger partial charge in [-0.05, 0) is 12.3 Å². The first-order valence-electron chi connectivity index (χ1n) is 4.87. The molecule has 14 heavy (non-hydrogen) atoms. The molecule has 0 radical (unpaired) electrons. The molecule has 5 N–H and O–H groups in total. The summed E-state index contributed by atoms with van der Waals surface area (Å²) in [6.45, 7) is 6.43. The Labute approximate surface area is 84.9 Å². The zero-order valence-electron chi connectivity index (χ0n) is 9.05. The highest BCUT2D eigenvalue weighted by Crippen LogP contribution is 2.00. The Kier molecular flexibility index (Phi) is 5.67. The van der Waals surface area contributed by atoms with Crippen molar-refractivity contribution in [1.29, 1.82) is 5.41 Å². The van der Waals surface area contributed by atoms with Gasteiger partial charge < -0.3 is 16.4 Å². The van der Waals surface area contributed by atoms with E-state index in [0.29, 0.717) is 6.54 Å². The molecular weight excluding hydrogens is 180 g/mol. The smallest absolute Gasteiger partial charge is 0.315 e. The van der Waals surface area contributed by atoms with Crippen molar-refractivity contribution >= 4 is 11.9 Å². The third kappa shape index (κ3) is 4.69. The molecule has 1 unspecified atom stereocenters. The maximum Gasteiger partial charge on any atom is 0.315 e. The van der Waals surface area contributed by atoms with Crippen molar-refractivity contribution in [2.45, 2.75) is 33.2 Å². The van der Waals surface area contributed by atoms with Gasteiger partial charge in [-0.1, -0.05) is 20.8 Å². The van der Waals surface area contributed by atoms with E-state index < -0.39 is 0 Å². The minimum Gasteiger partial charge on any atom is -0.386 e. The molecular formula is C9H20N4O. The summed E-state index contributed by atoms with van der Waals surface area (Å²) in [7, 11) is 0. The van der Waals surface area contributed by atoms with E-state index in [1.165, 1.54) is 0 Å². The van der Waals surface area contributed by atoms with Crippen LogP contribution in [0, 0.1) is 11.3 Å². The first-order valence-corrected chi connectivity index (χ1v) is 4.87. The second kappa shape index (κ2) is 6.23. The van der Waals surface area contributed by atoms with Crippen molar-refractivity contribution in [2.75, 3.05) is 6.54 Å². The van der Waals surface area contributed by atoms with E-state index in [-0.39, 0.29) is 23.8 Å². The van der Waals surface area contributed by atoms with E-state index in [2.05, 4.69) is 10.6 Å². The van der Waals surface area contributed by atoms with Gasteiger partial charge in [-0.25, -0.2) is 4.79 Å². The molecule has 0 aromatic rings. The molecule has 0 aliphatic rings. The van der Waals surface area contributed by atoms with E-state index in [9.17, 15) is 4.79 Å². The Bertz CT molecular complexity index is 203. The average molecular weight is 200 g/mol. The van der Waals surface area contributed by atoms with E-state index >= 15 is 0 Å². The molecule has 0 bridgehead atoms. The molecule has 5 nitrogen and oxygen atoms in total. The average Bonchev–Trinajstić information content (AvgIpc) is 2.09. The van der Waals surface area contributed by atoms with Crippen molar-refractivity contribution < 1.29 is 4.79 Å². The maximum atomic E-state index is 11.2. The second-order valence-electron chi connectivity index (χ2n) is 3.58. The van der Waals surface area contributed by atoms with E-state index in [0.717, 1.165) is 6.42 Å². The van der Waals surface area contributed by atoms with Crippen LogP contribution in [-0.4, -0.2) is 24.5 Å². The first kappa shape index (κ1) is 12.7. The lowest BCUT2D eigenvalue weighted by atomic mass is 10.0. The van der Waals surface area contributed by atoms with Gasteiger partial charge in [0, 0.05) is 6.54 Å². The molecule has 0 spiro atoms. The molecule has 2 amide bonds. The molecule has 0 aliphatic heterocycles. The summed E-state index contributed by atoms with van der Waals surface area (Å²) in [6, 6.07) is -0.646. The number of hydrogen-bond acceptors (Lipinski definition) is 2. The summed E-state index contributed by atoms with van der Waals surface area (Å²) in [5.74, 6) is 0.117. The number of hydrogen-bond donors (Lipinski definition) is 4. The largest absolute Gasteiger partial charge is 0.386 e. The van der Waals surface area contributed by atoms with Gasteiger partial charge in [0.25, 0.3) is 0 Å². The van der Waals surface area contributed by atoms with Gasteiger partial charge in [-0.3, -0.25) is 5.41 Å². The molecule has 0 heterocycles. The van der Waals surface area contributed by atoms with Crippen molar-refractivity contribution in [3.05, 3.63) is 0 Å². The number of nitrogens with two attached hydrogens (primary N) is 1. The van der Waals surface area contributed by atoms with Crippen molar-refractivity contribution in [3.8, 4) is 0 Å². The summed E-state index contributed by atoms with van der Waals surface area (Å²) in [5, 5.41) is 12.6. The van der Waals surface area contributed by atoms with Crippen LogP contribution in [0.25, 0.3) is 0 Å². The fourth-order valence-corrected chi connectivity index (χ4v) is 1.03. The number of rotatable bonds is 5. The summed E-state index contributed by atoms with van der Waals surface area (Å²) in [4.78, 5) is 11.2. The standard InChI is InChI=1S/C9H20N4O/c1-4-5-12-9(14)13-7(6(2)3)8(10)11/h6-7H,4-5H2,1-3H3,(H3,10,11)(H2,12,13,14). The van der Waals surface area contributed by atoms with Crippen molar-refractivity contribution in [1.82, 2.24) is 10.6 Å². The summed E-state index contributed by atoms with van der Waals surface area (Å²) >= 11 is 0. The molecule has 0 aromatic carbocycles. The van der Waals surface area contributed by atoms with Gasteiger partial charge in [0.05, 0.1) is 6.04 Å².